The molecule has 2 N–H and O–H groups in total. The van der Waals surface area contributed by atoms with Gasteiger partial charge in [-0.15, -0.1) is 0 Å². The fourth-order valence-electron chi connectivity index (χ4n) is 1.22. The van der Waals surface area contributed by atoms with E-state index < -0.39 is 10.3 Å². The summed E-state index contributed by atoms with van der Waals surface area (Å²) in [6.45, 7) is 0. The third kappa shape index (κ3) is 1.58. The molecule has 1 unspecified atom stereocenters. The van der Waals surface area contributed by atoms with Crippen LogP contribution in [0.15, 0.2) is 0 Å². The van der Waals surface area contributed by atoms with E-state index in [1.807, 2.05) is 0 Å². The Balaban J connectivity index is 2.86. The number of rotatable bonds is 0. The highest BCUT2D eigenvalue weighted by Crippen LogP contribution is 2.12. The van der Waals surface area contributed by atoms with Crippen molar-refractivity contribution in [2.75, 3.05) is 0 Å². The molecular formula is C6H11NO2S. The molecule has 0 spiro atoms. The molecule has 0 heterocycles. The summed E-state index contributed by atoms with van der Waals surface area (Å²) in [5, 5.41) is 0. The minimum Gasteiger partial charge on any atom is -0.323 e. The van der Waals surface area contributed by atoms with Gasteiger partial charge in [-0.05, 0) is 19.3 Å². The van der Waals surface area contributed by atoms with E-state index in [9.17, 15) is 8.42 Å². The van der Waals surface area contributed by atoms with E-state index in [4.69, 9.17) is 5.73 Å². The number of hydrogen-bond acceptors (Lipinski definition) is 3. The predicted molar refractivity (Wildman–Crippen MR) is 40.4 cm³/mol. The van der Waals surface area contributed by atoms with Gasteiger partial charge in [-0.25, -0.2) is 0 Å². The molecule has 0 bridgehead atoms. The van der Waals surface area contributed by atoms with E-state index in [-0.39, 0.29) is 6.04 Å². The van der Waals surface area contributed by atoms with Gasteiger partial charge < -0.3 is 5.73 Å². The minimum absolute atomic E-state index is 0.202. The standard InChI is InChI=1S/C6H11NO2S/c7-5-3-1-2-4-6(5)10(8)9/h5H,1-4,7H2. The van der Waals surface area contributed by atoms with Crippen molar-refractivity contribution in [1.82, 2.24) is 0 Å². The van der Waals surface area contributed by atoms with E-state index in [0.717, 1.165) is 19.3 Å². The van der Waals surface area contributed by atoms with Crippen molar-refractivity contribution in [3.05, 3.63) is 0 Å². The lowest BCUT2D eigenvalue weighted by atomic mass is 9.96. The predicted octanol–water partition coefficient (Wildman–Crippen LogP) is -0.0608. The highest BCUT2D eigenvalue weighted by Gasteiger charge is 2.16. The van der Waals surface area contributed by atoms with Crippen molar-refractivity contribution in [1.29, 1.82) is 0 Å². The van der Waals surface area contributed by atoms with Gasteiger partial charge in [-0.3, -0.25) is 0 Å². The molecule has 1 aliphatic rings. The Kier molecular flexibility index (Phi) is 2.45. The molecule has 0 aromatic heterocycles. The van der Waals surface area contributed by atoms with Gasteiger partial charge in [-0.2, -0.15) is 8.42 Å². The van der Waals surface area contributed by atoms with Gasteiger partial charge in [0.15, 0.2) is 0 Å². The topological polar surface area (TPSA) is 60.2 Å². The lowest BCUT2D eigenvalue weighted by Crippen LogP contribution is -2.33. The average molecular weight is 161 g/mol. The van der Waals surface area contributed by atoms with E-state index in [2.05, 4.69) is 0 Å². The van der Waals surface area contributed by atoms with Crippen LogP contribution < -0.4 is 5.73 Å². The van der Waals surface area contributed by atoms with Crippen LogP contribution in [0.2, 0.25) is 0 Å². The third-order valence-corrected chi connectivity index (χ3v) is 2.75. The summed E-state index contributed by atoms with van der Waals surface area (Å²) < 4.78 is 20.9. The molecule has 0 aromatic carbocycles. The van der Waals surface area contributed by atoms with E-state index in [1.165, 1.54) is 0 Å². The van der Waals surface area contributed by atoms with Gasteiger partial charge in [0, 0.05) is 6.04 Å². The number of nitrogens with two attached hydrogens (primary N) is 1. The molecular weight excluding hydrogens is 150 g/mol. The molecule has 0 radical (unpaired) electrons. The highest BCUT2D eigenvalue weighted by molar-refractivity contribution is 7.73. The molecule has 58 valence electrons. The zero-order valence-corrected chi connectivity index (χ0v) is 6.52. The summed E-state index contributed by atoms with van der Waals surface area (Å²) in [6.07, 6.45) is 3.51. The van der Waals surface area contributed by atoms with Crippen molar-refractivity contribution in [2.45, 2.75) is 31.7 Å². The summed E-state index contributed by atoms with van der Waals surface area (Å²) in [5.74, 6) is 0. The zero-order chi connectivity index (χ0) is 7.56. The summed E-state index contributed by atoms with van der Waals surface area (Å²) in [7, 11) is -2.04. The largest absolute Gasteiger partial charge is 0.323 e. The second kappa shape index (κ2) is 3.16. The van der Waals surface area contributed by atoms with E-state index >= 15 is 0 Å². The molecule has 1 rings (SSSR count). The first-order valence-electron chi connectivity index (χ1n) is 3.42. The van der Waals surface area contributed by atoms with Gasteiger partial charge in [0.1, 0.15) is 0 Å². The maximum Gasteiger partial charge on any atom is 0.214 e. The molecule has 1 saturated carbocycles. The maximum atomic E-state index is 10.4. The Morgan fingerprint density at radius 2 is 2.10 bits per heavy atom. The van der Waals surface area contributed by atoms with E-state index in [0.29, 0.717) is 11.3 Å². The van der Waals surface area contributed by atoms with Crippen LogP contribution in [-0.4, -0.2) is 19.3 Å². The maximum absolute atomic E-state index is 10.4. The third-order valence-electron chi connectivity index (χ3n) is 1.82. The molecule has 10 heavy (non-hydrogen) atoms. The van der Waals surface area contributed by atoms with Crippen LogP contribution in [-0.2, 0) is 10.3 Å². The van der Waals surface area contributed by atoms with Crippen molar-refractivity contribution in [3.8, 4) is 0 Å². The fraction of sp³-hybridized carbons (Fsp3) is 0.833. The summed E-state index contributed by atoms with van der Waals surface area (Å²) in [6, 6.07) is -0.202. The zero-order valence-electron chi connectivity index (χ0n) is 5.71. The average Bonchev–Trinajstić information content (AvgIpc) is 1.88. The molecule has 1 atom stereocenters. The molecule has 4 heteroatoms. The van der Waals surface area contributed by atoms with Crippen LogP contribution in [0.5, 0.6) is 0 Å². The van der Waals surface area contributed by atoms with Crippen LogP contribution in [0.3, 0.4) is 0 Å². The Bertz CT molecular complexity index is 234. The second-order valence-corrected chi connectivity index (χ2v) is 3.55. The van der Waals surface area contributed by atoms with Crippen LogP contribution in [0.25, 0.3) is 0 Å². The highest BCUT2D eigenvalue weighted by atomic mass is 32.2. The first kappa shape index (κ1) is 7.75. The lowest BCUT2D eigenvalue weighted by molar-refractivity contribution is 0.603. The van der Waals surface area contributed by atoms with Gasteiger partial charge >= 0.3 is 0 Å². The van der Waals surface area contributed by atoms with Crippen molar-refractivity contribution < 1.29 is 8.42 Å². The van der Waals surface area contributed by atoms with Gasteiger partial charge in [-0.1, -0.05) is 6.42 Å². The van der Waals surface area contributed by atoms with Crippen LogP contribution in [0, 0.1) is 0 Å². The molecule has 0 aromatic rings. The van der Waals surface area contributed by atoms with Crippen molar-refractivity contribution in [2.24, 2.45) is 5.73 Å². The van der Waals surface area contributed by atoms with Crippen LogP contribution in [0.1, 0.15) is 25.7 Å². The molecule has 3 nitrogen and oxygen atoms in total. The quantitative estimate of drug-likeness (QED) is 0.506. The van der Waals surface area contributed by atoms with Crippen molar-refractivity contribution in [3.63, 3.8) is 0 Å². The summed E-state index contributed by atoms with van der Waals surface area (Å²) in [4.78, 5) is 0.506. The first-order valence-corrected chi connectivity index (χ1v) is 4.50. The Labute approximate surface area is 61.8 Å². The van der Waals surface area contributed by atoms with Gasteiger partial charge in [0.2, 0.25) is 10.3 Å². The number of hydrogen-bond donors (Lipinski definition) is 1. The van der Waals surface area contributed by atoms with Crippen molar-refractivity contribution >= 4 is 15.2 Å². The molecule has 1 fully saturated rings. The Hall–Kier alpha value is -0.350. The van der Waals surface area contributed by atoms with Crippen LogP contribution in [0.4, 0.5) is 0 Å². The minimum atomic E-state index is -2.04. The molecule has 1 aliphatic carbocycles. The molecule has 0 aliphatic heterocycles. The summed E-state index contributed by atoms with van der Waals surface area (Å²) >= 11 is 0. The van der Waals surface area contributed by atoms with Gasteiger partial charge in [0.05, 0.1) is 4.86 Å². The summed E-state index contributed by atoms with van der Waals surface area (Å²) in [5.41, 5.74) is 5.55. The molecule has 0 saturated heterocycles. The Morgan fingerprint density at radius 1 is 1.40 bits per heavy atom. The normalized spacial score (nSPS) is 26.5. The van der Waals surface area contributed by atoms with Crippen LogP contribution >= 0.6 is 0 Å². The van der Waals surface area contributed by atoms with Gasteiger partial charge in [0.25, 0.3) is 0 Å². The monoisotopic (exact) mass is 161 g/mol. The van der Waals surface area contributed by atoms with E-state index in [1.54, 1.807) is 0 Å². The second-order valence-electron chi connectivity index (χ2n) is 2.55. The lowest BCUT2D eigenvalue weighted by Gasteiger charge is -2.16. The fourth-order valence-corrected chi connectivity index (χ4v) is 1.89. The first-order chi connectivity index (χ1) is 4.72. The SMILES string of the molecule is NC1CCCCC1=S(=O)=O. The Morgan fingerprint density at radius 3 is 2.50 bits per heavy atom. The smallest absolute Gasteiger partial charge is 0.214 e. The molecule has 0 amide bonds.